The fourth-order valence-corrected chi connectivity index (χ4v) is 3.30. The molecule has 3 atom stereocenters. The highest BCUT2D eigenvalue weighted by atomic mass is 16.3. The smallest absolute Gasteiger partial charge is 0.0836 e. The van der Waals surface area contributed by atoms with Crippen LogP contribution >= 0.6 is 0 Å². The van der Waals surface area contributed by atoms with Crippen molar-refractivity contribution >= 4 is 0 Å². The van der Waals surface area contributed by atoms with Crippen LogP contribution in [0.4, 0.5) is 0 Å². The van der Waals surface area contributed by atoms with Crippen LogP contribution in [0.15, 0.2) is 54.6 Å². The molecule has 2 heteroatoms. The average molecular weight is 281 g/mol. The Hall–Kier alpha value is -1.64. The fraction of sp³-hybridized carbons (Fsp3) is 0.368. The van der Waals surface area contributed by atoms with Crippen molar-refractivity contribution in [3.05, 3.63) is 71.3 Å². The van der Waals surface area contributed by atoms with Crippen LogP contribution in [0.2, 0.25) is 0 Å². The van der Waals surface area contributed by atoms with Gasteiger partial charge in [-0.05, 0) is 36.1 Å². The van der Waals surface area contributed by atoms with Gasteiger partial charge in [-0.3, -0.25) is 0 Å². The normalized spacial score (nSPS) is 24.0. The molecule has 2 aromatic carbocycles. The van der Waals surface area contributed by atoms with E-state index in [0.717, 1.165) is 24.9 Å². The predicted molar refractivity (Wildman–Crippen MR) is 86.1 cm³/mol. The predicted octanol–water partition coefficient (Wildman–Crippen LogP) is 3.63. The summed E-state index contributed by atoms with van der Waals surface area (Å²) in [5.74, 6) is 0.235. The number of rotatable bonds is 5. The van der Waals surface area contributed by atoms with Crippen molar-refractivity contribution in [3.8, 4) is 0 Å². The van der Waals surface area contributed by atoms with Crippen LogP contribution < -0.4 is 5.32 Å². The standard InChI is InChI=1S/C19H23NO/c1-14-18(16-11-5-6-12-17(16)19(14)21)20-13-7-10-15-8-3-2-4-9-15/h2-6,8-9,11-12,14,18-21H,7,10,13H2,1H3. The van der Waals surface area contributed by atoms with Crippen LogP contribution in [-0.2, 0) is 6.42 Å². The summed E-state index contributed by atoms with van der Waals surface area (Å²) in [7, 11) is 0. The molecular formula is C19H23NO. The second-order valence-corrected chi connectivity index (χ2v) is 5.95. The van der Waals surface area contributed by atoms with Crippen LogP contribution in [0, 0.1) is 5.92 Å². The molecule has 1 aliphatic carbocycles. The number of nitrogens with one attached hydrogen (secondary N) is 1. The zero-order valence-corrected chi connectivity index (χ0v) is 12.5. The summed E-state index contributed by atoms with van der Waals surface area (Å²) >= 11 is 0. The molecule has 1 aliphatic rings. The highest BCUT2D eigenvalue weighted by Gasteiger charge is 2.35. The third kappa shape index (κ3) is 3.02. The Labute approximate surface area is 126 Å². The molecule has 0 amide bonds. The van der Waals surface area contributed by atoms with Crippen LogP contribution in [0.5, 0.6) is 0 Å². The maximum atomic E-state index is 10.3. The number of aryl methyl sites for hydroxylation is 1. The third-order valence-corrected chi connectivity index (χ3v) is 4.52. The fourth-order valence-electron chi connectivity index (χ4n) is 3.30. The van der Waals surface area contributed by atoms with Gasteiger partial charge < -0.3 is 10.4 Å². The van der Waals surface area contributed by atoms with Crippen molar-refractivity contribution in [3.63, 3.8) is 0 Å². The van der Waals surface area contributed by atoms with E-state index in [0.29, 0.717) is 0 Å². The van der Waals surface area contributed by atoms with Gasteiger partial charge in [0.1, 0.15) is 0 Å². The summed E-state index contributed by atoms with van der Waals surface area (Å²) in [4.78, 5) is 0. The first-order valence-electron chi connectivity index (χ1n) is 7.81. The van der Waals surface area contributed by atoms with E-state index < -0.39 is 0 Å². The van der Waals surface area contributed by atoms with Gasteiger partial charge in [0, 0.05) is 12.0 Å². The Morgan fingerprint density at radius 2 is 1.62 bits per heavy atom. The van der Waals surface area contributed by atoms with Crippen molar-refractivity contribution in [1.82, 2.24) is 5.32 Å². The molecule has 0 aliphatic heterocycles. The second kappa shape index (κ2) is 6.42. The zero-order valence-electron chi connectivity index (χ0n) is 12.5. The third-order valence-electron chi connectivity index (χ3n) is 4.52. The Balaban J connectivity index is 1.56. The lowest BCUT2D eigenvalue weighted by molar-refractivity contribution is 0.114. The molecule has 2 aromatic rings. The maximum absolute atomic E-state index is 10.3. The molecule has 110 valence electrons. The van der Waals surface area contributed by atoms with Gasteiger partial charge in [-0.1, -0.05) is 61.5 Å². The van der Waals surface area contributed by atoms with Crippen LogP contribution in [0.25, 0.3) is 0 Å². The lowest BCUT2D eigenvalue weighted by Crippen LogP contribution is -2.26. The van der Waals surface area contributed by atoms with Crippen LogP contribution in [-0.4, -0.2) is 11.7 Å². The van der Waals surface area contributed by atoms with E-state index >= 15 is 0 Å². The second-order valence-electron chi connectivity index (χ2n) is 5.95. The molecule has 0 saturated carbocycles. The zero-order chi connectivity index (χ0) is 14.7. The number of fused-ring (bicyclic) bond motifs is 1. The van der Waals surface area contributed by atoms with Gasteiger partial charge in [0.2, 0.25) is 0 Å². The highest BCUT2D eigenvalue weighted by molar-refractivity contribution is 5.37. The van der Waals surface area contributed by atoms with Gasteiger partial charge in [-0.15, -0.1) is 0 Å². The Morgan fingerprint density at radius 3 is 2.38 bits per heavy atom. The molecule has 0 saturated heterocycles. The number of aliphatic hydroxyl groups excluding tert-OH is 1. The monoisotopic (exact) mass is 281 g/mol. The van der Waals surface area contributed by atoms with E-state index in [4.69, 9.17) is 0 Å². The quantitative estimate of drug-likeness (QED) is 0.820. The molecule has 0 spiro atoms. The minimum absolute atomic E-state index is 0.235. The molecule has 0 aromatic heterocycles. The molecule has 0 fully saturated rings. The van der Waals surface area contributed by atoms with Crippen molar-refractivity contribution < 1.29 is 5.11 Å². The topological polar surface area (TPSA) is 32.3 Å². The Kier molecular flexibility index (Phi) is 4.37. The molecule has 21 heavy (non-hydrogen) atoms. The van der Waals surface area contributed by atoms with Gasteiger partial charge in [0.25, 0.3) is 0 Å². The summed E-state index contributed by atoms with van der Waals surface area (Å²) in [5, 5.41) is 13.9. The van der Waals surface area contributed by atoms with Crippen LogP contribution in [0.3, 0.4) is 0 Å². The molecular weight excluding hydrogens is 258 g/mol. The molecule has 2 nitrogen and oxygen atoms in total. The lowest BCUT2D eigenvalue weighted by Gasteiger charge is -2.20. The summed E-state index contributed by atoms with van der Waals surface area (Å²) in [5.41, 5.74) is 3.74. The molecule has 3 unspecified atom stereocenters. The average Bonchev–Trinajstić information content (AvgIpc) is 2.77. The Morgan fingerprint density at radius 1 is 0.952 bits per heavy atom. The first kappa shape index (κ1) is 14.3. The van der Waals surface area contributed by atoms with E-state index in [2.05, 4.69) is 54.7 Å². The van der Waals surface area contributed by atoms with E-state index in [-0.39, 0.29) is 18.1 Å². The summed E-state index contributed by atoms with van der Waals surface area (Å²) in [6.45, 7) is 3.10. The number of hydrogen-bond donors (Lipinski definition) is 2. The van der Waals surface area contributed by atoms with Crippen molar-refractivity contribution in [2.24, 2.45) is 5.92 Å². The highest BCUT2D eigenvalue weighted by Crippen LogP contribution is 2.43. The van der Waals surface area contributed by atoms with Gasteiger partial charge in [-0.2, -0.15) is 0 Å². The molecule has 0 radical (unpaired) electrons. The first-order chi connectivity index (χ1) is 10.3. The molecule has 0 bridgehead atoms. The van der Waals surface area contributed by atoms with Crippen molar-refractivity contribution in [2.75, 3.05) is 6.54 Å². The van der Waals surface area contributed by atoms with Gasteiger partial charge in [0.15, 0.2) is 0 Å². The Bertz CT molecular complexity index is 581. The van der Waals surface area contributed by atoms with E-state index in [9.17, 15) is 5.11 Å². The minimum atomic E-state index is -0.340. The van der Waals surface area contributed by atoms with Crippen molar-refractivity contribution in [1.29, 1.82) is 0 Å². The van der Waals surface area contributed by atoms with Crippen molar-refractivity contribution in [2.45, 2.75) is 31.9 Å². The summed E-state index contributed by atoms with van der Waals surface area (Å²) < 4.78 is 0. The number of aliphatic hydroxyl groups is 1. The largest absolute Gasteiger partial charge is 0.388 e. The maximum Gasteiger partial charge on any atom is 0.0836 e. The lowest BCUT2D eigenvalue weighted by atomic mass is 10.0. The summed E-state index contributed by atoms with van der Waals surface area (Å²) in [6, 6.07) is 19.1. The molecule has 3 rings (SSSR count). The molecule has 2 N–H and O–H groups in total. The number of hydrogen-bond acceptors (Lipinski definition) is 2. The summed E-state index contributed by atoms with van der Waals surface area (Å²) in [6.07, 6.45) is 1.87. The molecule has 0 heterocycles. The van der Waals surface area contributed by atoms with E-state index in [1.165, 1.54) is 11.1 Å². The van der Waals surface area contributed by atoms with Gasteiger partial charge in [0.05, 0.1) is 6.10 Å². The minimum Gasteiger partial charge on any atom is -0.388 e. The van der Waals surface area contributed by atoms with E-state index in [1.807, 2.05) is 12.1 Å². The first-order valence-corrected chi connectivity index (χ1v) is 7.81. The number of benzene rings is 2. The van der Waals surface area contributed by atoms with Gasteiger partial charge in [-0.25, -0.2) is 0 Å². The van der Waals surface area contributed by atoms with E-state index in [1.54, 1.807) is 0 Å². The van der Waals surface area contributed by atoms with Gasteiger partial charge >= 0.3 is 0 Å². The van der Waals surface area contributed by atoms with Crippen LogP contribution in [0.1, 0.15) is 42.2 Å². The SMILES string of the molecule is CC1C(O)c2ccccc2C1NCCCc1ccccc1.